The summed E-state index contributed by atoms with van der Waals surface area (Å²) in [7, 11) is -0.308. The number of hydrogen-bond acceptors (Lipinski definition) is 0. The smallest absolute Gasteiger partial charge is 0.0384 e. The Morgan fingerprint density at radius 2 is 1.08 bits per heavy atom. The summed E-state index contributed by atoms with van der Waals surface area (Å²) < 4.78 is 0. The molecule has 0 saturated carbocycles. The lowest BCUT2D eigenvalue weighted by Crippen LogP contribution is -2.25. The van der Waals surface area contributed by atoms with E-state index in [4.69, 9.17) is 0 Å². The van der Waals surface area contributed by atoms with Crippen LogP contribution in [-0.2, 0) is 0 Å². The number of rotatable bonds is 6. The minimum Gasteiger partial charge on any atom is -0.0724 e. The van der Waals surface area contributed by atoms with Gasteiger partial charge in [0.05, 0.1) is 0 Å². The van der Waals surface area contributed by atoms with Crippen molar-refractivity contribution in [1.29, 1.82) is 0 Å². The van der Waals surface area contributed by atoms with E-state index in [1.165, 1.54) is 0 Å². The van der Waals surface area contributed by atoms with E-state index < -0.39 is 0 Å². The zero-order chi connectivity index (χ0) is 10.4. The third kappa shape index (κ3) is 9.18. The van der Waals surface area contributed by atoms with E-state index in [9.17, 15) is 0 Å². The van der Waals surface area contributed by atoms with Crippen molar-refractivity contribution in [2.75, 3.05) is 0 Å². The fraction of sp³-hybridized carbons (Fsp3) is 1.00. The molecule has 0 saturated heterocycles. The molecule has 2 radical (unpaired) electrons. The SMILES string of the molecule is C[Si](C[Si](C)C[SiH](C)C)C[SiH](C)C. The van der Waals surface area contributed by atoms with Crippen LogP contribution in [0.5, 0.6) is 0 Å². The van der Waals surface area contributed by atoms with Gasteiger partial charge in [-0.25, -0.2) is 0 Å². The van der Waals surface area contributed by atoms with Crippen LogP contribution < -0.4 is 0 Å². The Labute approximate surface area is 91.6 Å². The molecule has 0 rings (SSSR count). The molecule has 0 spiro atoms. The second-order valence-corrected chi connectivity index (χ2v) is 19.4. The highest BCUT2D eigenvalue weighted by Crippen LogP contribution is 2.09. The van der Waals surface area contributed by atoms with Gasteiger partial charge in [-0.1, -0.05) is 56.3 Å². The molecule has 4 heteroatoms. The fourth-order valence-corrected chi connectivity index (χ4v) is 21.1. The third-order valence-electron chi connectivity index (χ3n) is 2.12. The Hall–Kier alpha value is 0.868. The standard InChI is InChI=1S/C9H26Si4/c1-10(2)7-12(5)9-13(6)8-11(3)4/h10-11H,7-9H2,1-6H3. The van der Waals surface area contributed by atoms with Crippen LogP contribution in [0.2, 0.25) is 56.3 Å². The molecule has 0 unspecified atom stereocenters. The molecule has 0 aliphatic rings. The van der Waals surface area contributed by atoms with Gasteiger partial charge in [0.15, 0.2) is 0 Å². The second kappa shape index (κ2) is 7.20. The van der Waals surface area contributed by atoms with Gasteiger partial charge in [-0.15, -0.1) is 0 Å². The van der Waals surface area contributed by atoms with E-state index in [0.29, 0.717) is 0 Å². The molecule has 0 fully saturated rings. The zero-order valence-electron chi connectivity index (χ0n) is 10.3. The molecule has 13 heavy (non-hydrogen) atoms. The lowest BCUT2D eigenvalue weighted by Gasteiger charge is -2.16. The summed E-state index contributed by atoms with van der Waals surface area (Å²) in [5, 5.41) is 0. The first-order valence-electron chi connectivity index (χ1n) is 5.54. The Kier molecular flexibility index (Phi) is 7.68. The van der Waals surface area contributed by atoms with Crippen molar-refractivity contribution in [1.82, 2.24) is 0 Å². The lowest BCUT2D eigenvalue weighted by molar-refractivity contribution is 1.59. The first-order valence-corrected chi connectivity index (χ1v) is 16.6. The van der Waals surface area contributed by atoms with Crippen molar-refractivity contribution in [3.63, 3.8) is 0 Å². The van der Waals surface area contributed by atoms with Gasteiger partial charge in [0.1, 0.15) is 0 Å². The predicted molar refractivity (Wildman–Crippen MR) is 75.4 cm³/mol. The van der Waals surface area contributed by atoms with Crippen molar-refractivity contribution in [3.05, 3.63) is 0 Å². The van der Waals surface area contributed by atoms with Crippen LogP contribution in [0.25, 0.3) is 0 Å². The highest BCUT2D eigenvalue weighted by Gasteiger charge is 2.14. The van der Waals surface area contributed by atoms with Gasteiger partial charge in [-0.2, -0.15) is 0 Å². The molecule has 0 heterocycles. The lowest BCUT2D eigenvalue weighted by atomic mass is 11.7. The minimum atomic E-state index is -0.250. The summed E-state index contributed by atoms with van der Waals surface area (Å²) in [6.07, 6.45) is 0. The highest BCUT2D eigenvalue weighted by atomic mass is 28.4. The van der Waals surface area contributed by atoms with Gasteiger partial charge < -0.3 is 0 Å². The molecule has 0 aromatic carbocycles. The normalized spacial score (nSPS) is 12.5. The van der Waals surface area contributed by atoms with Crippen molar-refractivity contribution in [2.45, 2.75) is 56.3 Å². The van der Waals surface area contributed by atoms with Gasteiger partial charge in [-0.3, -0.25) is 0 Å². The van der Waals surface area contributed by atoms with Gasteiger partial charge in [0, 0.05) is 35.2 Å². The largest absolute Gasteiger partial charge is 0.0724 e. The zero-order valence-corrected chi connectivity index (χ0v) is 14.6. The minimum absolute atomic E-state index is 0.0958. The summed E-state index contributed by atoms with van der Waals surface area (Å²) >= 11 is 0. The number of hydrogen-bond donors (Lipinski definition) is 0. The molecule has 0 atom stereocenters. The molecule has 78 valence electrons. The van der Waals surface area contributed by atoms with Gasteiger partial charge in [0.2, 0.25) is 0 Å². The van der Waals surface area contributed by atoms with Crippen molar-refractivity contribution < 1.29 is 0 Å². The maximum atomic E-state index is 2.58. The molecular formula is C9H26Si4. The molecule has 0 bridgehead atoms. The van der Waals surface area contributed by atoms with Crippen LogP contribution in [0.15, 0.2) is 0 Å². The summed E-state index contributed by atoms with van der Waals surface area (Å²) in [5.41, 5.74) is 5.03. The van der Waals surface area contributed by atoms with Gasteiger partial charge in [0.25, 0.3) is 0 Å². The summed E-state index contributed by atoms with van der Waals surface area (Å²) in [6, 6.07) is 0. The molecule has 0 aliphatic carbocycles. The average molecular weight is 247 g/mol. The molecule has 0 aromatic rings. The Bertz CT molecular complexity index is 111. The van der Waals surface area contributed by atoms with Crippen LogP contribution in [0, 0.1) is 0 Å². The van der Waals surface area contributed by atoms with Crippen molar-refractivity contribution in [3.8, 4) is 0 Å². The Morgan fingerprint density at radius 3 is 1.31 bits per heavy atom. The van der Waals surface area contributed by atoms with Crippen LogP contribution in [0.4, 0.5) is 0 Å². The first-order chi connectivity index (χ1) is 5.91. The molecule has 0 aromatic heterocycles. The van der Waals surface area contributed by atoms with Crippen molar-refractivity contribution >= 4 is 35.2 Å². The molecule has 0 amide bonds. The predicted octanol–water partition coefficient (Wildman–Crippen LogP) is 2.83. The first kappa shape index (κ1) is 13.9. The van der Waals surface area contributed by atoms with Gasteiger partial charge >= 0.3 is 0 Å². The summed E-state index contributed by atoms with van der Waals surface area (Å²) in [4.78, 5) is 0. The van der Waals surface area contributed by atoms with Crippen LogP contribution >= 0.6 is 0 Å². The van der Waals surface area contributed by atoms with Crippen LogP contribution in [0.3, 0.4) is 0 Å². The molecule has 0 N–H and O–H groups in total. The van der Waals surface area contributed by atoms with E-state index in [1.807, 2.05) is 0 Å². The maximum Gasteiger partial charge on any atom is 0.0384 e. The van der Waals surface area contributed by atoms with E-state index in [2.05, 4.69) is 39.3 Å². The van der Waals surface area contributed by atoms with Crippen LogP contribution in [0.1, 0.15) is 0 Å². The Balaban J connectivity index is 3.58. The highest BCUT2D eigenvalue weighted by molar-refractivity contribution is 6.87. The topological polar surface area (TPSA) is 0 Å². The van der Waals surface area contributed by atoms with Gasteiger partial charge in [-0.05, 0) is 0 Å². The van der Waals surface area contributed by atoms with Crippen molar-refractivity contribution in [2.24, 2.45) is 0 Å². The fourth-order valence-electron chi connectivity index (χ4n) is 2.05. The second-order valence-electron chi connectivity index (χ2n) is 5.29. The molecular weight excluding hydrogens is 220 g/mol. The quantitative estimate of drug-likeness (QED) is 0.632. The summed E-state index contributed by atoms with van der Waals surface area (Å²) in [5.74, 6) is 0. The van der Waals surface area contributed by atoms with E-state index in [-0.39, 0.29) is 35.2 Å². The average Bonchev–Trinajstić information content (AvgIpc) is 1.80. The monoisotopic (exact) mass is 246 g/mol. The van der Waals surface area contributed by atoms with Crippen LogP contribution in [-0.4, -0.2) is 35.2 Å². The van der Waals surface area contributed by atoms with E-state index in [0.717, 1.165) is 0 Å². The molecule has 0 nitrogen and oxygen atoms in total. The van der Waals surface area contributed by atoms with E-state index in [1.54, 1.807) is 17.0 Å². The Morgan fingerprint density at radius 1 is 0.769 bits per heavy atom. The third-order valence-corrected chi connectivity index (χ3v) is 19.1. The van der Waals surface area contributed by atoms with E-state index >= 15 is 0 Å². The summed E-state index contributed by atoms with van der Waals surface area (Å²) in [6.45, 7) is 15.2. The maximum absolute atomic E-state index is 2.58. The molecule has 0 aliphatic heterocycles.